The molecular weight excluding hydrogens is 238 g/mol. The smallest absolute Gasteiger partial charge is 0.173 e. The molecule has 0 bridgehead atoms. The van der Waals surface area contributed by atoms with Crippen molar-refractivity contribution in [3.05, 3.63) is 35.7 Å². The molecule has 0 saturated carbocycles. The topological polar surface area (TPSA) is 55.6 Å². The molecule has 1 heterocycles. The number of benzene rings is 1. The Morgan fingerprint density at radius 1 is 1.16 bits per heavy atom. The van der Waals surface area contributed by atoms with Crippen molar-refractivity contribution < 1.29 is 0 Å². The number of hydrogen-bond donors (Lipinski definition) is 1. The second kappa shape index (κ2) is 5.93. The van der Waals surface area contributed by atoms with Crippen LogP contribution < -0.4 is 5.32 Å². The lowest BCUT2D eigenvalue weighted by molar-refractivity contribution is 0.475. The molecule has 1 atom stereocenters. The van der Waals surface area contributed by atoms with E-state index < -0.39 is 0 Å². The summed E-state index contributed by atoms with van der Waals surface area (Å²) in [7, 11) is 0. The van der Waals surface area contributed by atoms with Crippen molar-refractivity contribution in [3.63, 3.8) is 0 Å². The van der Waals surface area contributed by atoms with Gasteiger partial charge in [0.2, 0.25) is 0 Å². The van der Waals surface area contributed by atoms with Gasteiger partial charge in [0.25, 0.3) is 0 Å². The maximum Gasteiger partial charge on any atom is 0.173 e. The van der Waals surface area contributed by atoms with E-state index in [1.807, 2.05) is 12.1 Å². The molecule has 5 heteroatoms. The Hall–Kier alpha value is -1.75. The molecule has 0 saturated heterocycles. The summed E-state index contributed by atoms with van der Waals surface area (Å²) in [6.45, 7) is 9.46. The number of hydrogen-bond acceptors (Lipinski definition) is 4. The van der Waals surface area contributed by atoms with Gasteiger partial charge in [0.15, 0.2) is 5.82 Å². The number of tetrazole rings is 1. The Balaban J connectivity index is 2.19. The average molecular weight is 259 g/mol. The van der Waals surface area contributed by atoms with Gasteiger partial charge in [0, 0.05) is 0 Å². The first kappa shape index (κ1) is 13.7. The van der Waals surface area contributed by atoms with Crippen LogP contribution in [0.5, 0.6) is 0 Å². The predicted octanol–water partition coefficient (Wildman–Crippen LogP) is 2.28. The monoisotopic (exact) mass is 259 g/mol. The van der Waals surface area contributed by atoms with E-state index in [1.165, 1.54) is 5.56 Å². The van der Waals surface area contributed by atoms with Crippen molar-refractivity contribution >= 4 is 0 Å². The highest BCUT2D eigenvalue weighted by Gasteiger charge is 2.15. The van der Waals surface area contributed by atoms with Crippen LogP contribution in [0.1, 0.15) is 38.2 Å². The predicted molar refractivity (Wildman–Crippen MR) is 75.1 cm³/mol. The largest absolute Gasteiger partial charge is 0.307 e. The number of nitrogens with zero attached hydrogens (tertiary/aromatic N) is 4. The lowest BCUT2D eigenvalue weighted by atomic mass is 10.2. The normalized spacial score (nSPS) is 12.9. The number of aryl methyl sites for hydroxylation is 1. The highest BCUT2D eigenvalue weighted by molar-refractivity contribution is 5.34. The summed E-state index contributed by atoms with van der Waals surface area (Å²) < 4.78 is 1.79. The first-order valence-electron chi connectivity index (χ1n) is 6.66. The number of nitrogens with one attached hydrogen (secondary N) is 1. The maximum atomic E-state index is 4.13. The van der Waals surface area contributed by atoms with Crippen LogP contribution in [0.3, 0.4) is 0 Å². The van der Waals surface area contributed by atoms with E-state index >= 15 is 0 Å². The van der Waals surface area contributed by atoms with Gasteiger partial charge in [-0.2, -0.15) is 4.68 Å². The van der Waals surface area contributed by atoms with E-state index in [1.54, 1.807) is 4.68 Å². The second-order valence-electron chi connectivity index (χ2n) is 5.31. The van der Waals surface area contributed by atoms with Gasteiger partial charge < -0.3 is 5.32 Å². The fraction of sp³-hybridized carbons (Fsp3) is 0.500. The minimum atomic E-state index is 0.124. The molecule has 0 amide bonds. The third kappa shape index (κ3) is 3.38. The lowest BCUT2D eigenvalue weighted by Gasteiger charge is -2.15. The van der Waals surface area contributed by atoms with E-state index in [0.717, 1.165) is 18.1 Å². The molecule has 1 aromatic heterocycles. The molecule has 0 radical (unpaired) electrons. The lowest BCUT2D eigenvalue weighted by Crippen LogP contribution is -2.25. The van der Waals surface area contributed by atoms with E-state index in [-0.39, 0.29) is 6.04 Å². The highest BCUT2D eigenvalue weighted by Crippen LogP contribution is 2.14. The van der Waals surface area contributed by atoms with Crippen LogP contribution in [-0.4, -0.2) is 26.8 Å². The standard InChI is InChI=1S/C14H21N5/c1-10(2)9-15-12(4)14-16-17-18-19(14)13-7-5-11(3)6-8-13/h5-8,10,12,15H,9H2,1-4H3. The van der Waals surface area contributed by atoms with Crippen molar-refractivity contribution in [2.45, 2.75) is 33.7 Å². The van der Waals surface area contributed by atoms with E-state index in [9.17, 15) is 0 Å². The zero-order valence-electron chi connectivity index (χ0n) is 12.0. The number of rotatable bonds is 5. The molecule has 2 aromatic rings. The van der Waals surface area contributed by atoms with Gasteiger partial charge >= 0.3 is 0 Å². The van der Waals surface area contributed by atoms with Gasteiger partial charge in [0.1, 0.15) is 0 Å². The Labute approximate surface area is 114 Å². The van der Waals surface area contributed by atoms with Gasteiger partial charge in [0.05, 0.1) is 11.7 Å². The fourth-order valence-corrected chi connectivity index (χ4v) is 1.84. The Morgan fingerprint density at radius 3 is 2.47 bits per heavy atom. The Kier molecular flexibility index (Phi) is 4.27. The SMILES string of the molecule is Cc1ccc(-n2nnnc2C(C)NCC(C)C)cc1. The first-order valence-corrected chi connectivity index (χ1v) is 6.66. The van der Waals surface area contributed by atoms with Gasteiger partial charge in [-0.25, -0.2) is 0 Å². The van der Waals surface area contributed by atoms with Crippen molar-refractivity contribution in [2.24, 2.45) is 5.92 Å². The summed E-state index contributed by atoms with van der Waals surface area (Å²) in [5.74, 6) is 1.44. The molecule has 5 nitrogen and oxygen atoms in total. The number of aromatic nitrogens is 4. The molecule has 0 aliphatic carbocycles. The van der Waals surface area contributed by atoms with Gasteiger partial charge in [-0.3, -0.25) is 0 Å². The van der Waals surface area contributed by atoms with Crippen LogP contribution in [-0.2, 0) is 0 Å². The highest BCUT2D eigenvalue weighted by atomic mass is 15.5. The summed E-state index contributed by atoms with van der Waals surface area (Å²) >= 11 is 0. The van der Waals surface area contributed by atoms with Crippen LogP contribution in [0.4, 0.5) is 0 Å². The van der Waals surface area contributed by atoms with Crippen LogP contribution in [0.25, 0.3) is 5.69 Å². The van der Waals surface area contributed by atoms with Crippen molar-refractivity contribution in [1.29, 1.82) is 0 Å². The molecule has 0 spiro atoms. The quantitative estimate of drug-likeness (QED) is 0.895. The van der Waals surface area contributed by atoms with E-state index in [0.29, 0.717) is 5.92 Å². The molecule has 2 rings (SSSR count). The van der Waals surface area contributed by atoms with Gasteiger partial charge in [-0.15, -0.1) is 5.10 Å². The summed E-state index contributed by atoms with van der Waals surface area (Å²) in [6, 6.07) is 8.31. The average Bonchev–Trinajstić information content (AvgIpc) is 2.86. The van der Waals surface area contributed by atoms with Crippen molar-refractivity contribution in [1.82, 2.24) is 25.5 Å². The summed E-state index contributed by atoms with van der Waals surface area (Å²) in [5, 5.41) is 15.4. The van der Waals surface area contributed by atoms with Gasteiger partial charge in [-0.05, 0) is 48.9 Å². The molecule has 102 valence electrons. The van der Waals surface area contributed by atoms with Crippen molar-refractivity contribution in [3.8, 4) is 5.69 Å². The van der Waals surface area contributed by atoms with Crippen LogP contribution in [0.2, 0.25) is 0 Å². The summed E-state index contributed by atoms with van der Waals surface area (Å²) in [4.78, 5) is 0. The maximum absolute atomic E-state index is 4.13. The zero-order chi connectivity index (χ0) is 13.8. The molecule has 1 N–H and O–H groups in total. The zero-order valence-corrected chi connectivity index (χ0v) is 12.0. The van der Waals surface area contributed by atoms with Crippen LogP contribution in [0, 0.1) is 12.8 Å². The summed E-state index contributed by atoms with van der Waals surface area (Å²) in [5.41, 5.74) is 2.22. The van der Waals surface area contributed by atoms with E-state index in [4.69, 9.17) is 0 Å². The second-order valence-corrected chi connectivity index (χ2v) is 5.31. The van der Waals surface area contributed by atoms with E-state index in [2.05, 4.69) is 60.7 Å². The third-order valence-corrected chi connectivity index (χ3v) is 2.99. The fourth-order valence-electron chi connectivity index (χ4n) is 1.84. The molecule has 0 fully saturated rings. The molecule has 0 aliphatic heterocycles. The Morgan fingerprint density at radius 2 is 1.84 bits per heavy atom. The molecule has 19 heavy (non-hydrogen) atoms. The summed E-state index contributed by atoms with van der Waals surface area (Å²) in [6.07, 6.45) is 0. The molecule has 0 aliphatic rings. The molecular formula is C14H21N5. The molecule has 1 aromatic carbocycles. The first-order chi connectivity index (χ1) is 9.08. The van der Waals surface area contributed by atoms with Gasteiger partial charge in [-0.1, -0.05) is 31.5 Å². The minimum absolute atomic E-state index is 0.124. The molecule has 1 unspecified atom stereocenters. The van der Waals surface area contributed by atoms with Crippen LogP contribution in [0.15, 0.2) is 24.3 Å². The van der Waals surface area contributed by atoms with Crippen molar-refractivity contribution in [2.75, 3.05) is 6.54 Å². The Bertz CT molecular complexity index is 515. The third-order valence-electron chi connectivity index (χ3n) is 2.99. The van der Waals surface area contributed by atoms with Crippen LogP contribution >= 0.6 is 0 Å². The minimum Gasteiger partial charge on any atom is -0.307 e.